The van der Waals surface area contributed by atoms with Crippen molar-refractivity contribution in [2.24, 2.45) is 5.92 Å². The lowest BCUT2D eigenvalue weighted by Crippen LogP contribution is -2.39. The lowest BCUT2D eigenvalue weighted by atomic mass is 9.98. The van der Waals surface area contributed by atoms with Gasteiger partial charge in [0.05, 0.1) is 17.9 Å². The van der Waals surface area contributed by atoms with Crippen LogP contribution in [0.4, 0.5) is 33.9 Å². The standard InChI is InChI=1S/C28H37F4N5O6S/c1-17(19-6-8-22(21(29)14-19)36-44(5,40)41)25(38)34-16-20-7-9-23(28(30,31)32)35-24(20)33-15-18-10-12-37(13-11-18)43-26(39)42-27(2,3)4/h6-9,14,17-18,36H,10-13,15-16H2,1-5H3,(H,33,35)(H,34,38). The number of ether oxygens (including phenoxy) is 1. The van der Waals surface area contributed by atoms with Gasteiger partial charge in [-0.05, 0) is 70.2 Å². The van der Waals surface area contributed by atoms with Gasteiger partial charge in [0.2, 0.25) is 15.9 Å². The molecule has 44 heavy (non-hydrogen) atoms. The van der Waals surface area contributed by atoms with Crippen LogP contribution in [-0.2, 0) is 37.1 Å². The average Bonchev–Trinajstić information content (AvgIpc) is 2.90. The molecule has 1 aromatic carbocycles. The number of carbonyl (C=O) groups excluding carboxylic acids is 2. The molecule has 0 spiro atoms. The third kappa shape index (κ3) is 10.8. The van der Waals surface area contributed by atoms with Crippen molar-refractivity contribution in [3.8, 4) is 0 Å². The molecule has 0 aliphatic carbocycles. The number of hydrogen-bond acceptors (Lipinski definition) is 9. The molecule has 2 heterocycles. The van der Waals surface area contributed by atoms with Gasteiger partial charge >= 0.3 is 12.3 Å². The molecule has 1 unspecified atom stereocenters. The van der Waals surface area contributed by atoms with Gasteiger partial charge in [0.15, 0.2) is 0 Å². The topological polar surface area (TPSA) is 139 Å². The minimum Gasteiger partial charge on any atom is -0.427 e. The third-order valence-electron chi connectivity index (χ3n) is 6.63. The Kier molecular flexibility index (Phi) is 11.1. The van der Waals surface area contributed by atoms with Crippen LogP contribution in [0.25, 0.3) is 0 Å². The number of carbonyl (C=O) groups is 2. The highest BCUT2D eigenvalue weighted by molar-refractivity contribution is 7.92. The molecular formula is C28H37F4N5O6S. The summed E-state index contributed by atoms with van der Waals surface area (Å²) in [6, 6.07) is 5.69. The van der Waals surface area contributed by atoms with Crippen molar-refractivity contribution in [1.29, 1.82) is 0 Å². The number of benzene rings is 1. The van der Waals surface area contributed by atoms with Gasteiger partial charge in [-0.1, -0.05) is 12.1 Å². The van der Waals surface area contributed by atoms with E-state index in [2.05, 4.69) is 15.6 Å². The third-order valence-corrected chi connectivity index (χ3v) is 7.22. The smallest absolute Gasteiger partial charge is 0.427 e. The number of piperidine rings is 1. The van der Waals surface area contributed by atoms with Crippen molar-refractivity contribution >= 4 is 33.6 Å². The summed E-state index contributed by atoms with van der Waals surface area (Å²) in [5, 5.41) is 7.11. The Morgan fingerprint density at radius 1 is 1.11 bits per heavy atom. The van der Waals surface area contributed by atoms with Crippen molar-refractivity contribution in [3.05, 3.63) is 53.0 Å². The van der Waals surface area contributed by atoms with Gasteiger partial charge in [-0.3, -0.25) is 9.52 Å². The maximum absolute atomic E-state index is 14.4. The van der Waals surface area contributed by atoms with Crippen molar-refractivity contribution in [2.75, 3.05) is 35.9 Å². The monoisotopic (exact) mass is 647 g/mol. The molecule has 1 aliphatic heterocycles. The van der Waals surface area contributed by atoms with Gasteiger partial charge in [-0.15, -0.1) is 5.06 Å². The van der Waals surface area contributed by atoms with E-state index >= 15 is 0 Å². The first-order valence-corrected chi connectivity index (χ1v) is 15.7. The van der Waals surface area contributed by atoms with Crippen molar-refractivity contribution in [1.82, 2.24) is 15.4 Å². The summed E-state index contributed by atoms with van der Waals surface area (Å²) < 4.78 is 84.6. The number of nitrogens with one attached hydrogen (secondary N) is 3. The zero-order valence-electron chi connectivity index (χ0n) is 25.0. The summed E-state index contributed by atoms with van der Waals surface area (Å²) in [5.41, 5.74) is -1.48. The number of nitrogens with zero attached hydrogens (tertiary/aromatic N) is 2. The molecule has 244 valence electrons. The highest BCUT2D eigenvalue weighted by Crippen LogP contribution is 2.30. The summed E-state index contributed by atoms with van der Waals surface area (Å²) in [6.45, 7) is 7.62. The minimum atomic E-state index is -4.68. The molecule has 3 rings (SSSR count). The zero-order valence-corrected chi connectivity index (χ0v) is 25.9. The second-order valence-corrected chi connectivity index (χ2v) is 13.3. The van der Waals surface area contributed by atoms with Gasteiger partial charge in [0.25, 0.3) is 0 Å². The molecule has 1 fully saturated rings. The molecule has 2 aromatic rings. The SMILES string of the molecule is CC(C(=O)NCc1ccc(C(F)(F)F)nc1NCC1CCN(OC(=O)OC(C)(C)C)CC1)c1ccc(NS(C)(=O)=O)c(F)c1. The number of rotatable bonds is 10. The Labute approximate surface area is 253 Å². The highest BCUT2D eigenvalue weighted by Gasteiger charge is 2.33. The number of amides is 1. The molecule has 1 aliphatic rings. The molecule has 1 saturated heterocycles. The van der Waals surface area contributed by atoms with Gasteiger partial charge in [-0.25, -0.2) is 22.6 Å². The summed E-state index contributed by atoms with van der Waals surface area (Å²) in [5.74, 6) is -2.25. The lowest BCUT2D eigenvalue weighted by molar-refractivity contribution is -0.154. The fraction of sp³-hybridized carbons (Fsp3) is 0.536. The van der Waals surface area contributed by atoms with Crippen LogP contribution >= 0.6 is 0 Å². The van der Waals surface area contributed by atoms with Crippen LogP contribution in [0.3, 0.4) is 0 Å². The number of hydroxylamine groups is 2. The first-order valence-electron chi connectivity index (χ1n) is 13.8. The van der Waals surface area contributed by atoms with Crippen LogP contribution in [0.15, 0.2) is 30.3 Å². The number of hydrogen-bond donors (Lipinski definition) is 3. The second-order valence-electron chi connectivity index (χ2n) is 11.6. The van der Waals surface area contributed by atoms with Gasteiger partial charge in [-0.2, -0.15) is 13.2 Å². The van der Waals surface area contributed by atoms with E-state index in [1.165, 1.54) is 30.2 Å². The van der Waals surface area contributed by atoms with E-state index in [0.717, 1.165) is 18.4 Å². The molecule has 0 radical (unpaired) electrons. The van der Waals surface area contributed by atoms with Crippen LogP contribution in [-0.4, -0.2) is 62.0 Å². The van der Waals surface area contributed by atoms with Gasteiger partial charge in [0.1, 0.15) is 22.9 Å². The molecule has 1 atom stereocenters. The normalized spacial score (nSPS) is 15.8. The first-order chi connectivity index (χ1) is 20.3. The Balaban J connectivity index is 1.62. The van der Waals surface area contributed by atoms with Crippen molar-refractivity contribution in [2.45, 2.75) is 64.8 Å². The van der Waals surface area contributed by atoms with Crippen molar-refractivity contribution < 1.29 is 45.1 Å². The minimum absolute atomic E-state index is 0.0394. The van der Waals surface area contributed by atoms with E-state index in [4.69, 9.17) is 9.57 Å². The van der Waals surface area contributed by atoms with Crippen LogP contribution in [0.2, 0.25) is 0 Å². The van der Waals surface area contributed by atoms with Crippen LogP contribution < -0.4 is 15.4 Å². The van der Waals surface area contributed by atoms with E-state index < -0.39 is 51.3 Å². The Bertz CT molecular complexity index is 1440. The number of sulfonamides is 1. The number of pyridine rings is 1. The molecule has 0 saturated carbocycles. The number of alkyl halides is 3. The summed E-state index contributed by atoms with van der Waals surface area (Å²) in [7, 11) is -3.71. The predicted octanol–water partition coefficient (Wildman–Crippen LogP) is 5.02. The Morgan fingerprint density at radius 3 is 2.34 bits per heavy atom. The number of halogens is 4. The quantitative estimate of drug-likeness (QED) is 0.240. The van der Waals surface area contributed by atoms with E-state index in [0.29, 0.717) is 38.0 Å². The van der Waals surface area contributed by atoms with E-state index in [1.54, 1.807) is 20.8 Å². The molecule has 1 aromatic heterocycles. The van der Waals surface area contributed by atoms with E-state index in [1.807, 2.05) is 4.72 Å². The highest BCUT2D eigenvalue weighted by atomic mass is 32.2. The van der Waals surface area contributed by atoms with E-state index in [9.17, 15) is 35.6 Å². The average molecular weight is 648 g/mol. The summed E-state index contributed by atoms with van der Waals surface area (Å²) in [4.78, 5) is 33.7. The molecule has 16 heteroatoms. The lowest BCUT2D eigenvalue weighted by Gasteiger charge is -2.31. The fourth-order valence-electron chi connectivity index (χ4n) is 4.33. The number of anilines is 2. The van der Waals surface area contributed by atoms with Crippen LogP contribution in [0.1, 0.15) is 63.3 Å². The van der Waals surface area contributed by atoms with Crippen LogP contribution in [0.5, 0.6) is 0 Å². The Morgan fingerprint density at radius 2 is 1.77 bits per heavy atom. The fourth-order valence-corrected chi connectivity index (χ4v) is 4.90. The summed E-state index contributed by atoms with van der Waals surface area (Å²) in [6.07, 6.45) is -3.43. The van der Waals surface area contributed by atoms with Crippen LogP contribution in [0, 0.1) is 11.7 Å². The molecule has 1 amide bonds. The second kappa shape index (κ2) is 14.0. The summed E-state index contributed by atoms with van der Waals surface area (Å²) >= 11 is 0. The van der Waals surface area contributed by atoms with Crippen molar-refractivity contribution in [3.63, 3.8) is 0 Å². The Hall–Kier alpha value is -3.66. The number of aromatic nitrogens is 1. The maximum atomic E-state index is 14.4. The molecule has 3 N–H and O–H groups in total. The zero-order chi connectivity index (χ0) is 32.9. The molecule has 11 nitrogen and oxygen atoms in total. The maximum Gasteiger partial charge on any atom is 0.528 e. The molecule has 0 bridgehead atoms. The van der Waals surface area contributed by atoms with Gasteiger partial charge in [0, 0.05) is 31.7 Å². The van der Waals surface area contributed by atoms with E-state index in [-0.39, 0.29) is 29.5 Å². The molecular weight excluding hydrogens is 610 g/mol. The predicted molar refractivity (Wildman–Crippen MR) is 154 cm³/mol. The van der Waals surface area contributed by atoms with Gasteiger partial charge < -0.3 is 20.2 Å². The largest absolute Gasteiger partial charge is 0.528 e. The first kappa shape index (κ1) is 34.8.